The quantitative estimate of drug-likeness (QED) is 0.799. The molecule has 2 aliphatic rings. The zero-order valence-electron chi connectivity index (χ0n) is 12.7. The van der Waals surface area contributed by atoms with Gasteiger partial charge in [0.25, 0.3) is 0 Å². The Morgan fingerprint density at radius 1 is 1.29 bits per heavy atom. The molecule has 4 nitrogen and oxygen atoms in total. The largest absolute Gasteiger partial charge is 0.497 e. The Kier molecular flexibility index (Phi) is 3.89. The maximum atomic E-state index is 12.8. The maximum Gasteiger partial charge on any atom is 0.169 e. The molecule has 1 saturated carbocycles. The van der Waals surface area contributed by atoms with Crippen molar-refractivity contribution in [3.63, 3.8) is 0 Å². The third-order valence-corrected chi connectivity index (χ3v) is 4.80. The number of ether oxygens (including phenoxy) is 3. The minimum absolute atomic E-state index is 0.0156. The minimum Gasteiger partial charge on any atom is -0.497 e. The van der Waals surface area contributed by atoms with E-state index in [1.165, 1.54) is 6.42 Å². The van der Waals surface area contributed by atoms with Gasteiger partial charge in [-0.25, -0.2) is 0 Å². The molecule has 1 spiro atoms. The molecular formula is C17H22O4. The first-order valence-corrected chi connectivity index (χ1v) is 7.58. The van der Waals surface area contributed by atoms with Crippen LogP contribution in [0, 0.1) is 5.92 Å². The molecule has 0 bridgehead atoms. The average molecular weight is 290 g/mol. The van der Waals surface area contributed by atoms with Gasteiger partial charge in [0.05, 0.1) is 25.4 Å². The van der Waals surface area contributed by atoms with Crippen LogP contribution >= 0.6 is 0 Å². The smallest absolute Gasteiger partial charge is 0.169 e. The summed E-state index contributed by atoms with van der Waals surface area (Å²) in [6.45, 7) is 0.689. The van der Waals surface area contributed by atoms with Crippen LogP contribution in [-0.2, 0) is 4.74 Å². The SMILES string of the molecule is COc1ccc(C(=O)C2CCOC3(CCC3)C2)c(OC)c1. The number of Topliss-reactive ketones (excluding diaryl/α,β-unsaturated/α-hetero) is 1. The molecule has 1 saturated heterocycles. The molecule has 1 aliphatic carbocycles. The number of carbonyl (C=O) groups excluding carboxylic acids is 1. The van der Waals surface area contributed by atoms with Gasteiger partial charge in [-0.1, -0.05) is 0 Å². The normalized spacial score (nSPS) is 23.4. The van der Waals surface area contributed by atoms with Crippen molar-refractivity contribution in [2.24, 2.45) is 5.92 Å². The van der Waals surface area contributed by atoms with Crippen LogP contribution in [0.1, 0.15) is 42.5 Å². The Hall–Kier alpha value is -1.55. The average Bonchev–Trinajstić information content (AvgIpc) is 2.52. The van der Waals surface area contributed by atoms with Crippen LogP contribution in [0.3, 0.4) is 0 Å². The number of hydrogen-bond donors (Lipinski definition) is 0. The van der Waals surface area contributed by atoms with Crippen molar-refractivity contribution >= 4 is 5.78 Å². The van der Waals surface area contributed by atoms with Crippen molar-refractivity contribution in [1.29, 1.82) is 0 Å². The molecule has 1 aromatic rings. The van der Waals surface area contributed by atoms with Crippen LogP contribution < -0.4 is 9.47 Å². The van der Waals surface area contributed by atoms with Gasteiger partial charge in [0.15, 0.2) is 5.78 Å². The van der Waals surface area contributed by atoms with Gasteiger partial charge in [0.1, 0.15) is 11.5 Å². The molecule has 1 heterocycles. The molecule has 3 rings (SSSR count). The first kappa shape index (κ1) is 14.4. The molecule has 0 amide bonds. The number of benzene rings is 1. The van der Waals surface area contributed by atoms with Gasteiger partial charge in [-0.15, -0.1) is 0 Å². The molecule has 114 valence electrons. The van der Waals surface area contributed by atoms with E-state index in [1.807, 2.05) is 12.1 Å². The number of carbonyl (C=O) groups is 1. The second-order valence-electron chi connectivity index (χ2n) is 6.01. The van der Waals surface area contributed by atoms with Crippen molar-refractivity contribution in [2.75, 3.05) is 20.8 Å². The molecule has 2 fully saturated rings. The monoisotopic (exact) mass is 290 g/mol. The number of rotatable bonds is 4. The van der Waals surface area contributed by atoms with E-state index >= 15 is 0 Å². The molecule has 21 heavy (non-hydrogen) atoms. The predicted octanol–water partition coefficient (Wildman–Crippen LogP) is 3.24. The van der Waals surface area contributed by atoms with Crippen LogP contribution in [0.2, 0.25) is 0 Å². The molecule has 1 aliphatic heterocycles. The summed E-state index contributed by atoms with van der Waals surface area (Å²) in [6.07, 6.45) is 5.05. The van der Waals surface area contributed by atoms with Crippen molar-refractivity contribution in [3.8, 4) is 11.5 Å². The Morgan fingerprint density at radius 3 is 2.71 bits per heavy atom. The van der Waals surface area contributed by atoms with E-state index in [0.29, 0.717) is 23.7 Å². The fourth-order valence-corrected chi connectivity index (χ4v) is 3.39. The van der Waals surface area contributed by atoms with E-state index < -0.39 is 0 Å². The summed E-state index contributed by atoms with van der Waals surface area (Å²) < 4.78 is 16.5. The summed E-state index contributed by atoms with van der Waals surface area (Å²) in [4.78, 5) is 12.8. The van der Waals surface area contributed by atoms with Crippen molar-refractivity contribution < 1.29 is 19.0 Å². The second-order valence-corrected chi connectivity index (χ2v) is 6.01. The summed E-state index contributed by atoms with van der Waals surface area (Å²) in [7, 11) is 3.19. The zero-order chi connectivity index (χ0) is 14.9. The van der Waals surface area contributed by atoms with E-state index in [9.17, 15) is 4.79 Å². The van der Waals surface area contributed by atoms with Gasteiger partial charge in [0.2, 0.25) is 0 Å². The molecule has 0 radical (unpaired) electrons. The van der Waals surface area contributed by atoms with Crippen LogP contribution in [0.15, 0.2) is 18.2 Å². The van der Waals surface area contributed by atoms with Crippen molar-refractivity contribution in [1.82, 2.24) is 0 Å². The summed E-state index contributed by atoms with van der Waals surface area (Å²) in [6, 6.07) is 5.39. The lowest BCUT2D eigenvalue weighted by atomic mass is 9.70. The van der Waals surface area contributed by atoms with E-state index in [-0.39, 0.29) is 17.3 Å². The maximum absolute atomic E-state index is 12.8. The summed E-state index contributed by atoms with van der Waals surface area (Å²) >= 11 is 0. The minimum atomic E-state index is -0.0156. The third-order valence-electron chi connectivity index (χ3n) is 4.80. The number of hydrogen-bond acceptors (Lipinski definition) is 4. The highest BCUT2D eigenvalue weighted by Gasteiger charge is 2.44. The van der Waals surface area contributed by atoms with Gasteiger partial charge in [0, 0.05) is 18.6 Å². The zero-order valence-corrected chi connectivity index (χ0v) is 12.7. The number of methoxy groups -OCH3 is 2. The van der Waals surface area contributed by atoms with Gasteiger partial charge < -0.3 is 14.2 Å². The first-order chi connectivity index (χ1) is 10.2. The first-order valence-electron chi connectivity index (χ1n) is 7.58. The summed E-state index contributed by atoms with van der Waals surface area (Å²) in [5, 5.41) is 0. The number of ketones is 1. The molecule has 0 N–H and O–H groups in total. The van der Waals surface area contributed by atoms with E-state index in [1.54, 1.807) is 20.3 Å². The van der Waals surface area contributed by atoms with Crippen molar-refractivity contribution in [3.05, 3.63) is 23.8 Å². The third kappa shape index (κ3) is 2.64. The Balaban J connectivity index is 1.81. The highest BCUT2D eigenvalue weighted by molar-refractivity contribution is 6.00. The molecule has 1 atom stereocenters. The van der Waals surface area contributed by atoms with Gasteiger partial charge in [-0.3, -0.25) is 4.79 Å². The summed E-state index contributed by atoms with van der Waals surface area (Å²) in [5.41, 5.74) is 0.637. The van der Waals surface area contributed by atoms with Crippen LogP contribution in [-0.4, -0.2) is 32.2 Å². The lowest BCUT2D eigenvalue weighted by molar-refractivity contribution is -0.137. The fourth-order valence-electron chi connectivity index (χ4n) is 3.39. The van der Waals surface area contributed by atoms with Crippen LogP contribution in [0.4, 0.5) is 0 Å². The van der Waals surface area contributed by atoms with Crippen LogP contribution in [0.5, 0.6) is 11.5 Å². The Labute approximate surface area is 125 Å². The highest BCUT2D eigenvalue weighted by atomic mass is 16.5. The molecule has 4 heteroatoms. The Morgan fingerprint density at radius 2 is 2.10 bits per heavy atom. The summed E-state index contributed by atoms with van der Waals surface area (Å²) in [5.74, 6) is 1.50. The van der Waals surface area contributed by atoms with E-state index in [0.717, 1.165) is 25.7 Å². The van der Waals surface area contributed by atoms with Gasteiger partial charge in [-0.05, 0) is 44.2 Å². The molecular weight excluding hydrogens is 268 g/mol. The van der Waals surface area contributed by atoms with Crippen molar-refractivity contribution in [2.45, 2.75) is 37.7 Å². The molecule has 1 unspecified atom stereocenters. The second kappa shape index (κ2) is 5.68. The highest BCUT2D eigenvalue weighted by Crippen LogP contribution is 2.45. The standard InChI is InChI=1S/C17H22O4/c1-19-13-4-5-14(15(10-13)20-2)16(18)12-6-9-21-17(11-12)7-3-8-17/h4-5,10,12H,3,6-9,11H2,1-2H3. The fraction of sp³-hybridized carbons (Fsp3) is 0.588. The van der Waals surface area contributed by atoms with Crippen LogP contribution in [0.25, 0.3) is 0 Å². The van der Waals surface area contributed by atoms with Gasteiger partial charge in [-0.2, -0.15) is 0 Å². The Bertz CT molecular complexity index is 534. The topological polar surface area (TPSA) is 44.8 Å². The lowest BCUT2D eigenvalue weighted by Crippen LogP contribution is -2.47. The van der Waals surface area contributed by atoms with E-state index in [2.05, 4.69) is 0 Å². The predicted molar refractivity (Wildman–Crippen MR) is 79.1 cm³/mol. The molecule has 0 aromatic heterocycles. The lowest BCUT2D eigenvalue weighted by Gasteiger charge is -2.46. The molecule has 1 aromatic carbocycles. The van der Waals surface area contributed by atoms with Gasteiger partial charge >= 0.3 is 0 Å². The van der Waals surface area contributed by atoms with E-state index in [4.69, 9.17) is 14.2 Å².